The van der Waals surface area contributed by atoms with E-state index in [9.17, 15) is 5.21 Å². The standard InChI is InChI=1S/C17H19NO2S/c19-18-15(8-6-12-10-21-12)11-5-7-14-13-3-1-2-4-16(13)20-17(14)9-11/h5,7,9,12,19H,1-4,6,8,10H2/b18-15+. The molecular weight excluding hydrogens is 282 g/mol. The Hall–Kier alpha value is -1.42. The van der Waals surface area contributed by atoms with E-state index in [1.165, 1.54) is 29.5 Å². The zero-order chi connectivity index (χ0) is 14.2. The Labute approximate surface area is 128 Å². The van der Waals surface area contributed by atoms with Crippen LogP contribution in [0.2, 0.25) is 0 Å². The van der Waals surface area contributed by atoms with E-state index in [0.29, 0.717) is 0 Å². The molecule has 2 heterocycles. The molecule has 1 aromatic carbocycles. The van der Waals surface area contributed by atoms with Gasteiger partial charge in [-0.15, -0.1) is 0 Å². The Morgan fingerprint density at radius 3 is 3.00 bits per heavy atom. The topological polar surface area (TPSA) is 45.7 Å². The highest BCUT2D eigenvalue weighted by Crippen LogP contribution is 2.35. The van der Waals surface area contributed by atoms with E-state index in [0.717, 1.165) is 53.6 Å². The van der Waals surface area contributed by atoms with Crippen molar-refractivity contribution in [1.29, 1.82) is 0 Å². The molecule has 2 aromatic rings. The summed E-state index contributed by atoms with van der Waals surface area (Å²) < 4.78 is 6.02. The number of oxime groups is 1. The zero-order valence-corrected chi connectivity index (χ0v) is 12.8. The Morgan fingerprint density at radius 2 is 2.19 bits per heavy atom. The number of hydrogen-bond donors (Lipinski definition) is 1. The summed E-state index contributed by atoms with van der Waals surface area (Å²) in [6, 6.07) is 6.25. The molecule has 110 valence electrons. The SMILES string of the molecule is O/N=C(\CCC1CS1)c1ccc2c3c(oc2c1)CCCC3. The van der Waals surface area contributed by atoms with E-state index >= 15 is 0 Å². The molecule has 1 aromatic heterocycles. The third-order valence-electron chi connectivity index (χ3n) is 4.52. The molecule has 4 rings (SSSR count). The third kappa shape index (κ3) is 2.57. The molecule has 0 spiro atoms. The second-order valence-electron chi connectivity index (χ2n) is 5.96. The van der Waals surface area contributed by atoms with Gasteiger partial charge in [0.1, 0.15) is 11.3 Å². The van der Waals surface area contributed by atoms with Gasteiger partial charge in [0.15, 0.2) is 0 Å². The second-order valence-corrected chi connectivity index (χ2v) is 7.30. The van der Waals surface area contributed by atoms with Gasteiger partial charge in [0.2, 0.25) is 0 Å². The molecular formula is C17H19NO2S. The van der Waals surface area contributed by atoms with Gasteiger partial charge in [-0.25, -0.2) is 0 Å². The van der Waals surface area contributed by atoms with Crippen LogP contribution in [-0.4, -0.2) is 21.9 Å². The van der Waals surface area contributed by atoms with Crippen molar-refractivity contribution < 1.29 is 9.62 Å². The van der Waals surface area contributed by atoms with Crippen LogP contribution in [0, 0.1) is 0 Å². The predicted octanol–water partition coefficient (Wildman–Crippen LogP) is 4.39. The van der Waals surface area contributed by atoms with Crippen LogP contribution < -0.4 is 0 Å². The number of thioether (sulfide) groups is 1. The molecule has 21 heavy (non-hydrogen) atoms. The molecule has 2 aliphatic rings. The highest BCUT2D eigenvalue weighted by molar-refractivity contribution is 8.06. The summed E-state index contributed by atoms with van der Waals surface area (Å²) in [5.41, 5.74) is 4.10. The minimum Gasteiger partial charge on any atom is -0.461 e. The number of fused-ring (bicyclic) bond motifs is 3. The fourth-order valence-electron chi connectivity index (χ4n) is 3.23. The van der Waals surface area contributed by atoms with Crippen molar-refractivity contribution in [3.63, 3.8) is 0 Å². The first kappa shape index (κ1) is 13.3. The van der Waals surface area contributed by atoms with Crippen molar-refractivity contribution in [2.45, 2.75) is 43.8 Å². The van der Waals surface area contributed by atoms with Crippen LogP contribution in [0.25, 0.3) is 11.0 Å². The predicted molar refractivity (Wildman–Crippen MR) is 86.7 cm³/mol. The molecule has 1 atom stereocenters. The van der Waals surface area contributed by atoms with Crippen LogP contribution in [0.15, 0.2) is 27.8 Å². The molecule has 1 aliphatic carbocycles. The summed E-state index contributed by atoms with van der Waals surface area (Å²) in [5.74, 6) is 2.41. The largest absolute Gasteiger partial charge is 0.461 e. The van der Waals surface area contributed by atoms with E-state index in [4.69, 9.17) is 4.42 Å². The number of aryl methyl sites for hydroxylation is 2. The van der Waals surface area contributed by atoms with Crippen molar-refractivity contribution in [3.05, 3.63) is 35.1 Å². The summed E-state index contributed by atoms with van der Waals surface area (Å²) in [4.78, 5) is 0. The van der Waals surface area contributed by atoms with E-state index in [-0.39, 0.29) is 0 Å². The zero-order valence-electron chi connectivity index (χ0n) is 12.0. The number of benzene rings is 1. The van der Waals surface area contributed by atoms with Crippen molar-refractivity contribution in [2.75, 3.05) is 5.75 Å². The summed E-state index contributed by atoms with van der Waals surface area (Å²) in [6.45, 7) is 0. The normalized spacial score (nSPS) is 21.5. The van der Waals surface area contributed by atoms with Gasteiger partial charge in [-0.3, -0.25) is 0 Å². The molecule has 4 heteroatoms. The maximum atomic E-state index is 9.30. The minimum absolute atomic E-state index is 0.765. The number of hydrogen-bond acceptors (Lipinski definition) is 4. The lowest BCUT2D eigenvalue weighted by atomic mass is 9.95. The number of nitrogens with zero attached hydrogens (tertiary/aromatic N) is 1. The van der Waals surface area contributed by atoms with Gasteiger partial charge in [-0.05, 0) is 38.2 Å². The average molecular weight is 301 g/mol. The van der Waals surface area contributed by atoms with Crippen LogP contribution in [0.5, 0.6) is 0 Å². The van der Waals surface area contributed by atoms with Crippen molar-refractivity contribution in [2.24, 2.45) is 5.16 Å². The van der Waals surface area contributed by atoms with E-state index in [1.807, 2.05) is 17.8 Å². The van der Waals surface area contributed by atoms with E-state index in [2.05, 4.69) is 17.3 Å². The lowest BCUT2D eigenvalue weighted by Crippen LogP contribution is -2.02. The smallest absolute Gasteiger partial charge is 0.135 e. The summed E-state index contributed by atoms with van der Waals surface area (Å²) in [6.07, 6.45) is 6.59. The quantitative estimate of drug-likeness (QED) is 0.394. The lowest BCUT2D eigenvalue weighted by molar-refractivity contribution is 0.318. The van der Waals surface area contributed by atoms with Crippen LogP contribution >= 0.6 is 11.8 Å². The minimum atomic E-state index is 0.765. The van der Waals surface area contributed by atoms with Gasteiger partial charge in [0.25, 0.3) is 0 Å². The van der Waals surface area contributed by atoms with Crippen molar-refractivity contribution in [3.8, 4) is 0 Å². The average Bonchev–Trinajstić information content (AvgIpc) is 3.27. The van der Waals surface area contributed by atoms with Gasteiger partial charge >= 0.3 is 0 Å². The Bertz CT molecular complexity index is 700. The first-order chi connectivity index (χ1) is 10.3. The van der Waals surface area contributed by atoms with Crippen LogP contribution in [0.1, 0.15) is 42.6 Å². The van der Waals surface area contributed by atoms with Crippen LogP contribution in [0.3, 0.4) is 0 Å². The molecule has 1 saturated heterocycles. The molecule has 3 nitrogen and oxygen atoms in total. The monoisotopic (exact) mass is 301 g/mol. The first-order valence-corrected chi connectivity index (χ1v) is 8.77. The molecule has 0 saturated carbocycles. The first-order valence-electron chi connectivity index (χ1n) is 7.72. The molecule has 0 bridgehead atoms. The van der Waals surface area contributed by atoms with E-state index < -0.39 is 0 Å². The molecule has 1 aliphatic heterocycles. The van der Waals surface area contributed by atoms with Gasteiger partial charge in [0.05, 0.1) is 5.71 Å². The Balaban J connectivity index is 1.65. The van der Waals surface area contributed by atoms with Gasteiger partial charge in [-0.1, -0.05) is 17.3 Å². The number of furan rings is 1. The van der Waals surface area contributed by atoms with E-state index in [1.54, 1.807) is 0 Å². The molecule has 0 radical (unpaired) electrons. The summed E-state index contributed by atoms with van der Waals surface area (Å²) >= 11 is 1.98. The number of rotatable bonds is 4. The molecule has 1 unspecified atom stereocenters. The maximum absolute atomic E-state index is 9.30. The van der Waals surface area contributed by atoms with Gasteiger partial charge in [-0.2, -0.15) is 11.8 Å². The van der Waals surface area contributed by atoms with Crippen molar-refractivity contribution >= 4 is 28.4 Å². The Kier molecular flexibility index (Phi) is 3.42. The summed E-state index contributed by atoms with van der Waals surface area (Å²) in [7, 11) is 0. The molecule has 1 fully saturated rings. The Morgan fingerprint density at radius 1 is 1.33 bits per heavy atom. The molecule has 0 amide bonds. The highest BCUT2D eigenvalue weighted by atomic mass is 32.2. The molecule has 1 N–H and O–H groups in total. The highest BCUT2D eigenvalue weighted by Gasteiger charge is 2.23. The fourth-order valence-corrected chi connectivity index (χ4v) is 3.82. The van der Waals surface area contributed by atoms with Crippen molar-refractivity contribution in [1.82, 2.24) is 0 Å². The van der Waals surface area contributed by atoms with Gasteiger partial charge < -0.3 is 9.62 Å². The van der Waals surface area contributed by atoms with Gasteiger partial charge in [0, 0.05) is 33.9 Å². The second kappa shape index (κ2) is 5.41. The fraction of sp³-hybridized carbons (Fsp3) is 0.471. The third-order valence-corrected chi connectivity index (χ3v) is 5.56. The maximum Gasteiger partial charge on any atom is 0.135 e. The summed E-state index contributed by atoms with van der Waals surface area (Å²) in [5, 5.41) is 14.8. The lowest BCUT2D eigenvalue weighted by Gasteiger charge is -2.08. The van der Waals surface area contributed by atoms with Crippen LogP contribution in [0.4, 0.5) is 0 Å². The van der Waals surface area contributed by atoms with Crippen LogP contribution in [-0.2, 0) is 12.8 Å².